The van der Waals surface area contributed by atoms with Crippen molar-refractivity contribution >= 4 is 11.9 Å². The fourth-order valence-corrected chi connectivity index (χ4v) is 2.45. The van der Waals surface area contributed by atoms with E-state index in [4.69, 9.17) is 10.8 Å². The van der Waals surface area contributed by atoms with E-state index in [-0.39, 0.29) is 30.8 Å². The molecule has 1 aliphatic rings. The number of carboxylic acids is 1. The van der Waals surface area contributed by atoms with Crippen molar-refractivity contribution in [2.45, 2.75) is 64.5 Å². The smallest absolute Gasteiger partial charge is 0.303 e. The molecule has 0 spiro atoms. The van der Waals surface area contributed by atoms with E-state index in [1.54, 1.807) is 13.8 Å². The number of nitrogens with one attached hydrogen (secondary N) is 1. The monoisotopic (exact) mass is 256 g/mol. The topological polar surface area (TPSA) is 92.4 Å². The van der Waals surface area contributed by atoms with Gasteiger partial charge in [0.05, 0.1) is 6.42 Å². The van der Waals surface area contributed by atoms with Gasteiger partial charge in [-0.25, -0.2) is 0 Å². The maximum absolute atomic E-state index is 11.9. The van der Waals surface area contributed by atoms with Gasteiger partial charge < -0.3 is 16.2 Å². The molecule has 1 rings (SSSR count). The Morgan fingerprint density at radius 1 is 1.22 bits per heavy atom. The van der Waals surface area contributed by atoms with Crippen LogP contribution in [0.4, 0.5) is 0 Å². The molecule has 0 aromatic rings. The Hall–Kier alpha value is -1.10. The van der Waals surface area contributed by atoms with E-state index in [1.807, 2.05) is 0 Å². The SMILES string of the molecule is CC(C)(CC(=O)O)CC(=O)NC1CCC(N)CC1. The van der Waals surface area contributed by atoms with Gasteiger partial charge in [-0.3, -0.25) is 9.59 Å². The number of aliphatic carboxylic acids is 1. The molecule has 1 fully saturated rings. The zero-order chi connectivity index (χ0) is 13.8. The molecule has 104 valence electrons. The van der Waals surface area contributed by atoms with Crippen molar-refractivity contribution < 1.29 is 14.7 Å². The van der Waals surface area contributed by atoms with Gasteiger partial charge in [-0.15, -0.1) is 0 Å². The second-order valence-corrected chi connectivity index (χ2v) is 6.09. The zero-order valence-electron chi connectivity index (χ0n) is 11.2. The molecule has 5 nitrogen and oxygen atoms in total. The summed E-state index contributed by atoms with van der Waals surface area (Å²) in [6.45, 7) is 3.61. The van der Waals surface area contributed by atoms with Gasteiger partial charge in [0.25, 0.3) is 0 Å². The lowest BCUT2D eigenvalue weighted by Gasteiger charge is -2.28. The van der Waals surface area contributed by atoms with Crippen LogP contribution in [0.15, 0.2) is 0 Å². The van der Waals surface area contributed by atoms with Crippen molar-refractivity contribution in [2.75, 3.05) is 0 Å². The van der Waals surface area contributed by atoms with Crippen molar-refractivity contribution in [3.63, 3.8) is 0 Å². The summed E-state index contributed by atoms with van der Waals surface area (Å²) in [5.41, 5.74) is 5.31. The highest BCUT2D eigenvalue weighted by Gasteiger charge is 2.27. The largest absolute Gasteiger partial charge is 0.481 e. The van der Waals surface area contributed by atoms with Crippen LogP contribution in [0.2, 0.25) is 0 Å². The lowest BCUT2D eigenvalue weighted by molar-refractivity contribution is -0.139. The summed E-state index contributed by atoms with van der Waals surface area (Å²) in [5, 5.41) is 11.7. The van der Waals surface area contributed by atoms with Crippen LogP contribution in [0.25, 0.3) is 0 Å². The van der Waals surface area contributed by atoms with E-state index < -0.39 is 11.4 Å². The van der Waals surface area contributed by atoms with E-state index in [2.05, 4.69) is 5.32 Å². The summed E-state index contributed by atoms with van der Waals surface area (Å²) >= 11 is 0. The summed E-state index contributed by atoms with van der Waals surface area (Å²) in [6, 6.07) is 0.472. The quantitative estimate of drug-likeness (QED) is 0.690. The van der Waals surface area contributed by atoms with Crippen LogP contribution in [-0.4, -0.2) is 29.1 Å². The van der Waals surface area contributed by atoms with Crippen molar-refractivity contribution in [1.82, 2.24) is 5.32 Å². The fraction of sp³-hybridized carbons (Fsp3) is 0.846. The Kier molecular flexibility index (Phi) is 5.14. The van der Waals surface area contributed by atoms with Crippen LogP contribution >= 0.6 is 0 Å². The minimum absolute atomic E-state index is 0.00988. The third-order valence-electron chi connectivity index (χ3n) is 3.41. The lowest BCUT2D eigenvalue weighted by Crippen LogP contribution is -2.41. The van der Waals surface area contributed by atoms with E-state index in [9.17, 15) is 9.59 Å². The van der Waals surface area contributed by atoms with Gasteiger partial charge in [-0.2, -0.15) is 0 Å². The molecular weight excluding hydrogens is 232 g/mol. The highest BCUT2D eigenvalue weighted by atomic mass is 16.4. The molecular formula is C13H24N2O3. The summed E-state index contributed by atoms with van der Waals surface area (Å²) < 4.78 is 0. The predicted molar refractivity (Wildman–Crippen MR) is 69.0 cm³/mol. The standard InChI is InChI=1S/C13H24N2O3/c1-13(2,8-12(17)18)7-11(16)15-10-5-3-9(14)4-6-10/h9-10H,3-8,14H2,1-2H3,(H,15,16)(H,17,18). The first-order chi connectivity index (χ1) is 8.28. The first-order valence-corrected chi connectivity index (χ1v) is 6.55. The number of hydrogen-bond acceptors (Lipinski definition) is 3. The molecule has 0 aromatic carbocycles. The molecule has 0 bridgehead atoms. The van der Waals surface area contributed by atoms with Gasteiger partial charge >= 0.3 is 5.97 Å². The van der Waals surface area contributed by atoms with Crippen LogP contribution in [-0.2, 0) is 9.59 Å². The molecule has 0 radical (unpaired) electrons. The normalized spacial score (nSPS) is 24.6. The average molecular weight is 256 g/mol. The van der Waals surface area contributed by atoms with Crippen molar-refractivity contribution in [3.8, 4) is 0 Å². The van der Waals surface area contributed by atoms with E-state index in [0.29, 0.717) is 0 Å². The minimum Gasteiger partial charge on any atom is -0.481 e. The number of carbonyl (C=O) groups is 2. The summed E-state index contributed by atoms with van der Waals surface area (Å²) in [7, 11) is 0. The van der Waals surface area contributed by atoms with Gasteiger partial charge in [0.2, 0.25) is 5.91 Å². The van der Waals surface area contributed by atoms with Crippen molar-refractivity contribution in [3.05, 3.63) is 0 Å². The molecule has 1 saturated carbocycles. The van der Waals surface area contributed by atoms with Crippen LogP contribution in [0.3, 0.4) is 0 Å². The molecule has 1 amide bonds. The minimum atomic E-state index is -0.864. The first kappa shape index (κ1) is 15.0. The molecule has 0 heterocycles. The number of carboxylic acid groups (broad SMARTS) is 1. The Balaban J connectivity index is 2.35. The Labute approximate surface area is 108 Å². The zero-order valence-corrected chi connectivity index (χ0v) is 11.2. The Morgan fingerprint density at radius 2 is 1.78 bits per heavy atom. The molecule has 0 aromatic heterocycles. The second kappa shape index (κ2) is 6.18. The lowest BCUT2D eigenvalue weighted by atomic mass is 9.85. The van der Waals surface area contributed by atoms with Gasteiger partial charge in [-0.05, 0) is 31.1 Å². The second-order valence-electron chi connectivity index (χ2n) is 6.09. The number of hydrogen-bond donors (Lipinski definition) is 3. The van der Waals surface area contributed by atoms with E-state index in [1.165, 1.54) is 0 Å². The molecule has 0 aliphatic heterocycles. The van der Waals surface area contributed by atoms with Gasteiger partial charge in [0, 0.05) is 18.5 Å². The molecule has 4 N–H and O–H groups in total. The highest BCUT2D eigenvalue weighted by molar-refractivity contribution is 5.78. The maximum atomic E-state index is 11.9. The van der Waals surface area contributed by atoms with Crippen LogP contribution in [0, 0.1) is 5.41 Å². The molecule has 0 atom stereocenters. The Bertz CT molecular complexity index is 307. The highest BCUT2D eigenvalue weighted by Crippen LogP contribution is 2.25. The van der Waals surface area contributed by atoms with Gasteiger partial charge in [-0.1, -0.05) is 13.8 Å². The summed E-state index contributed by atoms with van der Waals surface area (Å²) in [5.74, 6) is -0.918. The maximum Gasteiger partial charge on any atom is 0.303 e. The van der Waals surface area contributed by atoms with Gasteiger partial charge in [0.1, 0.15) is 0 Å². The molecule has 0 saturated heterocycles. The molecule has 1 aliphatic carbocycles. The first-order valence-electron chi connectivity index (χ1n) is 6.55. The summed E-state index contributed by atoms with van der Waals surface area (Å²) in [6.07, 6.45) is 4.00. The molecule has 18 heavy (non-hydrogen) atoms. The number of nitrogens with two attached hydrogens (primary N) is 1. The summed E-state index contributed by atoms with van der Waals surface area (Å²) in [4.78, 5) is 22.5. The number of amides is 1. The van der Waals surface area contributed by atoms with E-state index in [0.717, 1.165) is 25.7 Å². The molecule has 5 heteroatoms. The number of carbonyl (C=O) groups excluding carboxylic acids is 1. The van der Waals surface area contributed by atoms with Crippen LogP contribution < -0.4 is 11.1 Å². The van der Waals surface area contributed by atoms with Gasteiger partial charge in [0.15, 0.2) is 0 Å². The van der Waals surface area contributed by atoms with Crippen molar-refractivity contribution in [2.24, 2.45) is 11.1 Å². The fourth-order valence-electron chi connectivity index (χ4n) is 2.45. The molecule has 0 unspecified atom stereocenters. The van der Waals surface area contributed by atoms with Crippen molar-refractivity contribution in [1.29, 1.82) is 0 Å². The van der Waals surface area contributed by atoms with Crippen LogP contribution in [0.5, 0.6) is 0 Å². The third kappa shape index (κ3) is 5.49. The number of rotatable bonds is 5. The van der Waals surface area contributed by atoms with E-state index >= 15 is 0 Å². The predicted octanol–water partition coefficient (Wildman–Crippen LogP) is 1.26. The van der Waals surface area contributed by atoms with Crippen LogP contribution in [0.1, 0.15) is 52.4 Å². The third-order valence-corrected chi connectivity index (χ3v) is 3.41. The Morgan fingerprint density at radius 3 is 2.28 bits per heavy atom. The average Bonchev–Trinajstić information content (AvgIpc) is 2.18.